The number of halogens is 1. The number of nitrogens with one attached hydrogen (secondary N) is 1. The number of ether oxygens (including phenoxy) is 1. The van der Waals surface area contributed by atoms with Crippen molar-refractivity contribution < 1.29 is 18.7 Å². The van der Waals surface area contributed by atoms with Gasteiger partial charge in [-0.3, -0.25) is 9.36 Å². The van der Waals surface area contributed by atoms with Gasteiger partial charge in [-0.05, 0) is 43.3 Å². The molecule has 0 saturated carbocycles. The summed E-state index contributed by atoms with van der Waals surface area (Å²) in [5, 5.41) is 0. The molecular weight excluding hydrogens is 415 g/mol. The monoisotopic (exact) mass is 438 g/mol. The minimum Gasteiger partial charge on any atom is -0.452 e. The Hall–Kier alpha value is -3.88. The third kappa shape index (κ3) is 4.41. The molecule has 3 aromatic rings. The molecule has 1 amide bonds. The van der Waals surface area contributed by atoms with Crippen molar-refractivity contribution in [1.82, 2.24) is 14.5 Å². The average Bonchev–Trinajstić information content (AvgIpc) is 3.15. The quantitative estimate of drug-likeness (QED) is 0.617. The van der Waals surface area contributed by atoms with Crippen LogP contribution in [0.4, 0.5) is 10.1 Å². The van der Waals surface area contributed by atoms with Crippen LogP contribution in [0.25, 0.3) is 5.69 Å². The first-order valence-corrected chi connectivity index (χ1v) is 10.3. The number of esters is 1. The van der Waals surface area contributed by atoms with E-state index in [1.807, 2.05) is 4.90 Å². The van der Waals surface area contributed by atoms with Gasteiger partial charge in [0, 0.05) is 38.1 Å². The van der Waals surface area contributed by atoms with Gasteiger partial charge in [0.15, 0.2) is 6.61 Å². The number of H-pyrrole nitrogens is 1. The second-order valence-electron chi connectivity index (χ2n) is 7.51. The van der Waals surface area contributed by atoms with Crippen molar-refractivity contribution in [2.45, 2.75) is 6.92 Å². The molecule has 0 unspecified atom stereocenters. The molecule has 0 aliphatic carbocycles. The van der Waals surface area contributed by atoms with Crippen LogP contribution in [0.15, 0.2) is 59.5 Å². The fraction of sp³-hybridized carbons (Fsp3) is 0.261. The van der Waals surface area contributed by atoms with Gasteiger partial charge in [0.05, 0.1) is 16.9 Å². The normalized spacial score (nSPS) is 13.8. The third-order valence-electron chi connectivity index (χ3n) is 5.47. The molecule has 1 N–H and O–H groups in total. The molecule has 8 nitrogen and oxygen atoms in total. The minimum atomic E-state index is -0.618. The van der Waals surface area contributed by atoms with Crippen LogP contribution < -0.4 is 10.6 Å². The van der Waals surface area contributed by atoms with E-state index < -0.39 is 5.97 Å². The average molecular weight is 438 g/mol. The predicted molar refractivity (Wildman–Crippen MR) is 117 cm³/mol. The van der Waals surface area contributed by atoms with E-state index in [0.29, 0.717) is 37.6 Å². The van der Waals surface area contributed by atoms with Gasteiger partial charge < -0.3 is 19.5 Å². The number of carbonyl (C=O) groups excluding carboxylic acids is 2. The standard InChI is InChI=1S/C23H23FN4O4/c1-16-14-25-23(31)28(16)18-8-6-17(7-9-18)22(30)32-15-21(29)27-12-10-26(11-13-27)20-5-3-2-4-19(20)24/h2-9,14H,10-13,15H2,1H3,(H,25,31). The number of amides is 1. The number of imidazole rings is 1. The van der Waals surface area contributed by atoms with E-state index in [1.54, 1.807) is 60.5 Å². The fourth-order valence-electron chi connectivity index (χ4n) is 3.73. The van der Waals surface area contributed by atoms with Crippen molar-refractivity contribution in [2.75, 3.05) is 37.7 Å². The molecular formula is C23H23FN4O4. The summed E-state index contributed by atoms with van der Waals surface area (Å²) in [7, 11) is 0. The first kappa shape index (κ1) is 21.4. The van der Waals surface area contributed by atoms with Gasteiger partial charge in [-0.1, -0.05) is 12.1 Å². The van der Waals surface area contributed by atoms with Crippen LogP contribution in [0.3, 0.4) is 0 Å². The van der Waals surface area contributed by atoms with Gasteiger partial charge in [-0.25, -0.2) is 14.0 Å². The largest absolute Gasteiger partial charge is 0.452 e. The lowest BCUT2D eigenvalue weighted by Crippen LogP contribution is -2.50. The minimum absolute atomic E-state index is 0.265. The first-order valence-electron chi connectivity index (χ1n) is 10.3. The summed E-state index contributed by atoms with van der Waals surface area (Å²) in [5.41, 5.74) is 1.90. The lowest BCUT2D eigenvalue weighted by Gasteiger charge is -2.36. The molecule has 2 heterocycles. The number of anilines is 1. The van der Waals surface area contributed by atoms with Crippen LogP contribution in [-0.4, -0.2) is 59.1 Å². The van der Waals surface area contributed by atoms with Crippen molar-refractivity contribution in [3.63, 3.8) is 0 Å². The number of hydrogen-bond acceptors (Lipinski definition) is 5. The smallest absolute Gasteiger partial charge is 0.338 e. The third-order valence-corrected chi connectivity index (χ3v) is 5.47. The van der Waals surface area contributed by atoms with Crippen LogP contribution >= 0.6 is 0 Å². The van der Waals surface area contributed by atoms with Gasteiger partial charge in [0.2, 0.25) is 0 Å². The number of nitrogens with zero attached hydrogens (tertiary/aromatic N) is 3. The zero-order chi connectivity index (χ0) is 22.7. The molecule has 1 aromatic heterocycles. The maximum atomic E-state index is 13.9. The summed E-state index contributed by atoms with van der Waals surface area (Å²) in [6, 6.07) is 12.9. The van der Waals surface area contributed by atoms with Gasteiger partial charge in [-0.15, -0.1) is 0 Å². The SMILES string of the molecule is Cc1c[nH]c(=O)n1-c1ccc(C(=O)OCC(=O)N2CCN(c3ccccc3F)CC2)cc1. The number of hydrogen-bond donors (Lipinski definition) is 1. The molecule has 0 atom stereocenters. The number of rotatable bonds is 5. The molecule has 1 fully saturated rings. The van der Waals surface area contributed by atoms with Crippen molar-refractivity contribution >= 4 is 17.6 Å². The van der Waals surface area contributed by atoms with E-state index in [2.05, 4.69) is 4.98 Å². The van der Waals surface area contributed by atoms with Crippen LogP contribution in [0.1, 0.15) is 16.1 Å². The molecule has 166 valence electrons. The molecule has 1 aliphatic heterocycles. The second-order valence-corrected chi connectivity index (χ2v) is 7.51. The van der Waals surface area contributed by atoms with Crippen LogP contribution in [-0.2, 0) is 9.53 Å². The number of aromatic nitrogens is 2. The highest BCUT2D eigenvalue weighted by molar-refractivity contribution is 5.91. The highest BCUT2D eigenvalue weighted by Crippen LogP contribution is 2.20. The van der Waals surface area contributed by atoms with Gasteiger partial charge in [0.25, 0.3) is 5.91 Å². The molecule has 32 heavy (non-hydrogen) atoms. The van der Waals surface area contributed by atoms with E-state index in [0.717, 1.165) is 5.69 Å². The van der Waals surface area contributed by atoms with Crippen molar-refractivity contribution in [3.05, 3.63) is 82.3 Å². The van der Waals surface area contributed by atoms with E-state index in [9.17, 15) is 18.8 Å². The van der Waals surface area contributed by atoms with Gasteiger partial charge >= 0.3 is 11.7 Å². The number of para-hydroxylation sites is 1. The Balaban J connectivity index is 1.29. The summed E-state index contributed by atoms with van der Waals surface area (Å²) in [5.74, 6) is -1.20. The van der Waals surface area contributed by atoms with Crippen molar-refractivity contribution in [2.24, 2.45) is 0 Å². The molecule has 1 saturated heterocycles. The molecule has 0 spiro atoms. The summed E-state index contributed by atoms with van der Waals surface area (Å²) in [6.07, 6.45) is 1.60. The lowest BCUT2D eigenvalue weighted by molar-refractivity contribution is -0.134. The number of benzene rings is 2. The Morgan fingerprint density at radius 3 is 2.34 bits per heavy atom. The Kier molecular flexibility index (Phi) is 6.07. The Labute approximate surface area is 183 Å². The predicted octanol–water partition coefficient (Wildman–Crippen LogP) is 2.12. The van der Waals surface area contributed by atoms with E-state index in [4.69, 9.17) is 4.74 Å². The topological polar surface area (TPSA) is 87.6 Å². The number of piperazine rings is 1. The van der Waals surface area contributed by atoms with Gasteiger partial charge in [-0.2, -0.15) is 0 Å². The van der Waals surface area contributed by atoms with Gasteiger partial charge in [0.1, 0.15) is 5.82 Å². The summed E-state index contributed by atoms with van der Waals surface area (Å²) >= 11 is 0. The van der Waals surface area contributed by atoms with E-state index in [1.165, 1.54) is 10.6 Å². The van der Waals surface area contributed by atoms with Crippen LogP contribution in [0.5, 0.6) is 0 Å². The van der Waals surface area contributed by atoms with Crippen molar-refractivity contribution in [3.8, 4) is 5.69 Å². The summed E-state index contributed by atoms with van der Waals surface area (Å²) in [6.45, 7) is 3.27. The molecule has 0 radical (unpaired) electrons. The van der Waals surface area contributed by atoms with E-state index in [-0.39, 0.29) is 29.6 Å². The summed E-state index contributed by atoms with van der Waals surface area (Å²) < 4.78 is 20.6. The molecule has 4 rings (SSSR count). The maximum absolute atomic E-state index is 13.9. The highest BCUT2D eigenvalue weighted by Gasteiger charge is 2.23. The Bertz CT molecular complexity index is 1180. The van der Waals surface area contributed by atoms with Crippen molar-refractivity contribution in [1.29, 1.82) is 0 Å². The van der Waals surface area contributed by atoms with Crippen LogP contribution in [0, 0.1) is 12.7 Å². The Morgan fingerprint density at radius 1 is 1.03 bits per heavy atom. The second kappa shape index (κ2) is 9.09. The maximum Gasteiger partial charge on any atom is 0.338 e. The molecule has 9 heteroatoms. The lowest BCUT2D eigenvalue weighted by atomic mass is 10.2. The molecule has 2 aromatic carbocycles. The van der Waals surface area contributed by atoms with E-state index >= 15 is 0 Å². The Morgan fingerprint density at radius 2 is 1.72 bits per heavy atom. The molecule has 1 aliphatic rings. The van der Waals surface area contributed by atoms with Crippen LogP contribution in [0.2, 0.25) is 0 Å². The summed E-state index contributed by atoms with van der Waals surface area (Å²) in [4.78, 5) is 42.7. The molecule has 0 bridgehead atoms. The number of aromatic amines is 1. The number of aryl methyl sites for hydroxylation is 1. The zero-order valence-electron chi connectivity index (χ0n) is 17.6. The fourth-order valence-corrected chi connectivity index (χ4v) is 3.73. The zero-order valence-corrected chi connectivity index (χ0v) is 17.6. The first-order chi connectivity index (χ1) is 15.4. The highest BCUT2D eigenvalue weighted by atomic mass is 19.1. The number of carbonyl (C=O) groups is 2.